The number of nitro groups is 1. The summed E-state index contributed by atoms with van der Waals surface area (Å²) < 4.78 is 0. The summed E-state index contributed by atoms with van der Waals surface area (Å²) in [5, 5.41) is 14.6. The summed E-state index contributed by atoms with van der Waals surface area (Å²) >= 11 is 6.32. The highest BCUT2D eigenvalue weighted by atomic mass is 35.5. The Morgan fingerprint density at radius 2 is 1.85 bits per heavy atom. The summed E-state index contributed by atoms with van der Waals surface area (Å²) in [6.07, 6.45) is 7.33. The summed E-state index contributed by atoms with van der Waals surface area (Å²) in [7, 11) is 0. The van der Waals surface area contributed by atoms with E-state index in [1.807, 2.05) is 6.92 Å². The number of carbonyl (C=O) groups excluding carboxylic acids is 1. The van der Waals surface area contributed by atoms with E-state index < -0.39 is 4.92 Å². The molecule has 6 nitrogen and oxygen atoms in total. The lowest BCUT2D eigenvalue weighted by atomic mass is 9.88. The fourth-order valence-corrected chi connectivity index (χ4v) is 4.54. The van der Waals surface area contributed by atoms with Crippen molar-refractivity contribution in [2.75, 3.05) is 18.0 Å². The molecule has 0 atom stereocenters. The standard InChI is InChI=1S/C19H26ClN3O3/c1-13-11-16(23(25)26)12-17(20)18(13)22-9-7-15(8-10-22)21-19(24)14-5-3-2-4-6-14/h11-12,14-15H,2-10H2,1H3,(H,21,24). The van der Waals surface area contributed by atoms with Gasteiger partial charge in [-0.1, -0.05) is 30.9 Å². The van der Waals surface area contributed by atoms with Crippen LogP contribution in [-0.2, 0) is 4.79 Å². The molecule has 0 aromatic heterocycles. The number of nitro benzene ring substituents is 1. The fraction of sp³-hybridized carbons (Fsp3) is 0.632. The van der Waals surface area contributed by atoms with Gasteiger partial charge >= 0.3 is 0 Å². The van der Waals surface area contributed by atoms with Gasteiger partial charge in [-0.25, -0.2) is 0 Å². The van der Waals surface area contributed by atoms with E-state index >= 15 is 0 Å². The summed E-state index contributed by atoms with van der Waals surface area (Å²) in [5.74, 6) is 0.404. The number of hydrogen-bond donors (Lipinski definition) is 1. The normalized spacial score (nSPS) is 19.4. The van der Waals surface area contributed by atoms with Gasteiger partial charge in [0.1, 0.15) is 0 Å². The zero-order chi connectivity index (χ0) is 18.7. The number of anilines is 1. The van der Waals surface area contributed by atoms with E-state index in [4.69, 9.17) is 11.6 Å². The molecular formula is C19H26ClN3O3. The number of nitrogens with one attached hydrogen (secondary N) is 1. The van der Waals surface area contributed by atoms with Gasteiger partial charge in [0.15, 0.2) is 0 Å². The van der Waals surface area contributed by atoms with Crippen LogP contribution in [0.1, 0.15) is 50.5 Å². The summed E-state index contributed by atoms with van der Waals surface area (Å²) in [5.41, 5.74) is 1.70. The van der Waals surface area contributed by atoms with Crippen molar-refractivity contribution >= 4 is 28.9 Å². The molecule has 0 bridgehead atoms. The third kappa shape index (κ3) is 4.29. The minimum Gasteiger partial charge on any atom is -0.370 e. The second kappa shape index (κ2) is 8.25. The highest BCUT2D eigenvalue weighted by Gasteiger charge is 2.27. The molecule has 3 rings (SSSR count). The maximum absolute atomic E-state index is 12.4. The van der Waals surface area contributed by atoms with Crippen LogP contribution in [0.4, 0.5) is 11.4 Å². The number of rotatable bonds is 4. The smallest absolute Gasteiger partial charge is 0.271 e. The molecule has 1 saturated carbocycles. The van der Waals surface area contributed by atoms with Crippen molar-refractivity contribution in [3.63, 3.8) is 0 Å². The second-order valence-corrected chi connectivity index (χ2v) is 7.86. The molecule has 1 heterocycles. The molecule has 1 amide bonds. The first-order chi connectivity index (χ1) is 12.5. The van der Waals surface area contributed by atoms with Crippen LogP contribution in [0.25, 0.3) is 0 Å². The van der Waals surface area contributed by atoms with E-state index in [0.29, 0.717) is 5.02 Å². The number of aryl methyl sites for hydroxylation is 1. The van der Waals surface area contributed by atoms with Crippen LogP contribution in [0.3, 0.4) is 0 Å². The molecule has 0 radical (unpaired) electrons. The van der Waals surface area contributed by atoms with Crippen molar-refractivity contribution in [3.8, 4) is 0 Å². The van der Waals surface area contributed by atoms with Gasteiger partial charge in [-0.3, -0.25) is 14.9 Å². The predicted octanol–water partition coefficient (Wildman–Crippen LogP) is 4.22. The third-order valence-electron chi connectivity index (χ3n) is 5.58. The SMILES string of the molecule is Cc1cc([N+](=O)[O-])cc(Cl)c1N1CCC(NC(=O)C2CCCCC2)CC1. The second-order valence-electron chi connectivity index (χ2n) is 7.46. The highest BCUT2D eigenvalue weighted by molar-refractivity contribution is 6.33. The molecule has 0 unspecified atom stereocenters. The maximum atomic E-state index is 12.4. The molecule has 2 fully saturated rings. The molecule has 1 N–H and O–H groups in total. The molecule has 2 aliphatic rings. The zero-order valence-electron chi connectivity index (χ0n) is 15.2. The number of piperidine rings is 1. The van der Waals surface area contributed by atoms with Crippen molar-refractivity contribution in [2.45, 2.75) is 57.9 Å². The lowest BCUT2D eigenvalue weighted by Gasteiger charge is -2.36. The van der Waals surface area contributed by atoms with Gasteiger partial charge in [0.25, 0.3) is 5.69 Å². The lowest BCUT2D eigenvalue weighted by molar-refractivity contribution is -0.384. The molecule has 1 aromatic carbocycles. The predicted molar refractivity (Wildman–Crippen MR) is 103 cm³/mol. The van der Waals surface area contributed by atoms with Crippen LogP contribution in [0, 0.1) is 23.0 Å². The van der Waals surface area contributed by atoms with Gasteiger partial charge in [0.05, 0.1) is 15.6 Å². The maximum Gasteiger partial charge on any atom is 0.271 e. The van der Waals surface area contributed by atoms with E-state index in [1.54, 1.807) is 6.07 Å². The number of nitrogens with zero attached hydrogens (tertiary/aromatic N) is 2. The number of benzene rings is 1. The van der Waals surface area contributed by atoms with E-state index in [9.17, 15) is 14.9 Å². The Bertz CT molecular complexity index is 658. The van der Waals surface area contributed by atoms with Crippen molar-refractivity contribution in [1.29, 1.82) is 0 Å². The number of non-ortho nitro benzene ring substituents is 1. The average Bonchev–Trinajstić information content (AvgIpc) is 2.63. The molecule has 1 aliphatic carbocycles. The van der Waals surface area contributed by atoms with E-state index in [0.717, 1.165) is 62.9 Å². The largest absolute Gasteiger partial charge is 0.370 e. The first-order valence-corrected chi connectivity index (χ1v) is 9.83. The summed E-state index contributed by atoms with van der Waals surface area (Å²) in [4.78, 5) is 25.1. The van der Waals surface area contributed by atoms with Crippen LogP contribution in [-0.4, -0.2) is 30.0 Å². The van der Waals surface area contributed by atoms with Gasteiger partial charge in [0.2, 0.25) is 5.91 Å². The Labute approximate surface area is 159 Å². The first kappa shape index (κ1) is 19.0. The Hall–Kier alpha value is -1.82. The quantitative estimate of drug-likeness (QED) is 0.627. The Balaban J connectivity index is 1.58. The summed E-state index contributed by atoms with van der Waals surface area (Å²) in [6.45, 7) is 3.42. The monoisotopic (exact) mass is 379 g/mol. The van der Waals surface area contributed by atoms with Crippen LogP contribution in [0.15, 0.2) is 12.1 Å². The van der Waals surface area contributed by atoms with Gasteiger partial charge in [-0.2, -0.15) is 0 Å². The van der Waals surface area contributed by atoms with Crippen molar-refractivity contribution < 1.29 is 9.72 Å². The Morgan fingerprint density at radius 1 is 1.19 bits per heavy atom. The van der Waals surface area contributed by atoms with E-state index in [1.165, 1.54) is 12.5 Å². The van der Waals surface area contributed by atoms with Crippen molar-refractivity contribution in [3.05, 3.63) is 32.8 Å². The minimum atomic E-state index is -0.421. The molecule has 7 heteroatoms. The van der Waals surface area contributed by atoms with E-state index in [2.05, 4.69) is 10.2 Å². The average molecular weight is 380 g/mol. The molecule has 1 saturated heterocycles. The highest BCUT2D eigenvalue weighted by Crippen LogP contribution is 2.35. The number of carbonyl (C=O) groups is 1. The van der Waals surface area contributed by atoms with Gasteiger partial charge in [0, 0.05) is 37.2 Å². The lowest BCUT2D eigenvalue weighted by Crippen LogP contribution is -2.46. The Morgan fingerprint density at radius 3 is 2.42 bits per heavy atom. The fourth-order valence-electron chi connectivity index (χ4n) is 4.16. The first-order valence-electron chi connectivity index (χ1n) is 9.45. The topological polar surface area (TPSA) is 75.5 Å². The molecular weight excluding hydrogens is 354 g/mol. The summed E-state index contributed by atoms with van der Waals surface area (Å²) in [6, 6.07) is 3.19. The number of halogens is 1. The van der Waals surface area contributed by atoms with E-state index in [-0.39, 0.29) is 23.6 Å². The minimum absolute atomic E-state index is 0.0193. The van der Waals surface area contributed by atoms with Crippen LogP contribution >= 0.6 is 11.6 Å². The van der Waals surface area contributed by atoms with Crippen molar-refractivity contribution in [2.24, 2.45) is 5.92 Å². The molecule has 0 spiro atoms. The zero-order valence-corrected chi connectivity index (χ0v) is 15.9. The Kier molecular flexibility index (Phi) is 6.01. The number of hydrogen-bond acceptors (Lipinski definition) is 4. The van der Waals surface area contributed by atoms with Crippen LogP contribution < -0.4 is 10.2 Å². The van der Waals surface area contributed by atoms with Crippen LogP contribution in [0.2, 0.25) is 5.02 Å². The number of amides is 1. The van der Waals surface area contributed by atoms with Gasteiger partial charge in [-0.15, -0.1) is 0 Å². The van der Waals surface area contributed by atoms with Gasteiger partial charge in [-0.05, 0) is 38.2 Å². The third-order valence-corrected chi connectivity index (χ3v) is 5.87. The molecule has 142 valence electrons. The van der Waals surface area contributed by atoms with Crippen molar-refractivity contribution in [1.82, 2.24) is 5.32 Å². The molecule has 26 heavy (non-hydrogen) atoms. The molecule has 1 aliphatic heterocycles. The molecule has 1 aromatic rings. The van der Waals surface area contributed by atoms with Gasteiger partial charge < -0.3 is 10.2 Å². The van der Waals surface area contributed by atoms with Crippen LogP contribution in [0.5, 0.6) is 0 Å².